The van der Waals surface area contributed by atoms with Gasteiger partial charge in [-0.15, -0.1) is 0 Å². The minimum absolute atomic E-state index is 0.0207. The van der Waals surface area contributed by atoms with Crippen LogP contribution in [-0.4, -0.2) is 40.7 Å². The molecule has 2 aromatic carbocycles. The SMILES string of the molecule is COc1ccc(-c2cc3nc(C)cc(N4CCC(C(=O)Nc5ccc(C)cc5Cl)CC4)n3n2)cc1. The number of aryl methyl sites for hydroxylation is 2. The van der Waals surface area contributed by atoms with E-state index in [9.17, 15) is 4.79 Å². The summed E-state index contributed by atoms with van der Waals surface area (Å²) in [5, 5.41) is 8.43. The molecule has 0 atom stereocenters. The molecular weight excluding hydrogens is 462 g/mol. The van der Waals surface area contributed by atoms with Gasteiger partial charge in [0.2, 0.25) is 5.91 Å². The maximum absolute atomic E-state index is 12.9. The number of methoxy groups -OCH3 is 1. The average Bonchev–Trinajstić information content (AvgIpc) is 3.29. The molecular formula is C27H28ClN5O2. The van der Waals surface area contributed by atoms with Gasteiger partial charge in [0.1, 0.15) is 11.6 Å². The van der Waals surface area contributed by atoms with Gasteiger partial charge in [0.25, 0.3) is 0 Å². The Labute approximate surface area is 209 Å². The molecule has 1 aliphatic rings. The van der Waals surface area contributed by atoms with Gasteiger partial charge in [0, 0.05) is 42.4 Å². The van der Waals surface area contributed by atoms with Crippen molar-refractivity contribution < 1.29 is 9.53 Å². The zero-order valence-corrected chi connectivity index (χ0v) is 20.8. The number of halogens is 1. The van der Waals surface area contributed by atoms with Gasteiger partial charge in [-0.2, -0.15) is 9.61 Å². The lowest BCUT2D eigenvalue weighted by Crippen LogP contribution is -2.39. The summed E-state index contributed by atoms with van der Waals surface area (Å²) in [6.07, 6.45) is 1.51. The topological polar surface area (TPSA) is 71.8 Å². The molecule has 1 fully saturated rings. The first-order valence-corrected chi connectivity index (χ1v) is 12.1. The summed E-state index contributed by atoms with van der Waals surface area (Å²) in [4.78, 5) is 19.9. The molecule has 1 aliphatic heterocycles. The Hall–Kier alpha value is -3.58. The molecule has 1 amide bonds. The summed E-state index contributed by atoms with van der Waals surface area (Å²) < 4.78 is 7.17. The van der Waals surface area contributed by atoms with Gasteiger partial charge in [0.15, 0.2) is 5.65 Å². The zero-order valence-electron chi connectivity index (χ0n) is 20.1. The number of nitrogens with one attached hydrogen (secondary N) is 1. The lowest BCUT2D eigenvalue weighted by atomic mass is 9.95. The number of rotatable bonds is 5. The van der Waals surface area contributed by atoms with Crippen molar-refractivity contribution in [1.82, 2.24) is 14.6 Å². The van der Waals surface area contributed by atoms with Gasteiger partial charge in [-0.25, -0.2) is 4.98 Å². The van der Waals surface area contributed by atoms with E-state index in [1.54, 1.807) is 7.11 Å². The number of hydrogen-bond donors (Lipinski definition) is 1. The van der Waals surface area contributed by atoms with Crippen molar-refractivity contribution in [3.63, 3.8) is 0 Å². The molecule has 35 heavy (non-hydrogen) atoms. The largest absolute Gasteiger partial charge is 0.497 e. The highest BCUT2D eigenvalue weighted by molar-refractivity contribution is 6.33. The van der Waals surface area contributed by atoms with Crippen molar-refractivity contribution in [2.45, 2.75) is 26.7 Å². The molecule has 2 aromatic heterocycles. The fraction of sp³-hybridized carbons (Fsp3) is 0.296. The first-order valence-electron chi connectivity index (χ1n) is 11.7. The number of hydrogen-bond acceptors (Lipinski definition) is 5. The molecule has 0 spiro atoms. The van der Waals surface area contributed by atoms with Gasteiger partial charge >= 0.3 is 0 Å². The van der Waals surface area contributed by atoms with Gasteiger partial charge in [-0.05, 0) is 68.7 Å². The Kier molecular flexibility index (Phi) is 6.34. The van der Waals surface area contributed by atoms with Crippen molar-refractivity contribution >= 4 is 34.7 Å². The molecule has 1 saturated heterocycles. The third-order valence-corrected chi connectivity index (χ3v) is 6.81. The van der Waals surface area contributed by atoms with Crippen LogP contribution in [0.1, 0.15) is 24.1 Å². The van der Waals surface area contributed by atoms with Crippen molar-refractivity contribution in [2.75, 3.05) is 30.4 Å². The van der Waals surface area contributed by atoms with E-state index in [4.69, 9.17) is 21.4 Å². The van der Waals surface area contributed by atoms with Crippen LogP contribution in [-0.2, 0) is 4.79 Å². The molecule has 180 valence electrons. The lowest BCUT2D eigenvalue weighted by molar-refractivity contribution is -0.120. The summed E-state index contributed by atoms with van der Waals surface area (Å²) >= 11 is 6.30. The summed E-state index contributed by atoms with van der Waals surface area (Å²) in [6.45, 7) is 5.49. The van der Waals surface area contributed by atoms with Gasteiger partial charge in [-0.1, -0.05) is 17.7 Å². The maximum atomic E-state index is 12.9. The van der Waals surface area contributed by atoms with Crippen LogP contribution in [0.4, 0.5) is 11.5 Å². The second-order valence-corrected chi connectivity index (χ2v) is 9.42. The molecule has 0 saturated carbocycles. The summed E-state index contributed by atoms with van der Waals surface area (Å²) in [5.41, 5.74) is 5.33. The molecule has 0 unspecified atom stereocenters. The third-order valence-electron chi connectivity index (χ3n) is 6.49. The van der Waals surface area contributed by atoms with Gasteiger partial charge in [-0.3, -0.25) is 4.79 Å². The lowest BCUT2D eigenvalue weighted by Gasteiger charge is -2.33. The van der Waals surface area contributed by atoms with Crippen LogP contribution in [0, 0.1) is 19.8 Å². The van der Waals surface area contributed by atoms with Gasteiger partial charge < -0.3 is 15.0 Å². The van der Waals surface area contributed by atoms with Crippen LogP contribution < -0.4 is 15.0 Å². The molecule has 0 aliphatic carbocycles. The van der Waals surface area contributed by atoms with Crippen LogP contribution in [0.2, 0.25) is 5.02 Å². The van der Waals surface area contributed by atoms with Crippen molar-refractivity contribution in [3.05, 3.63) is 70.9 Å². The van der Waals surface area contributed by atoms with Crippen molar-refractivity contribution in [1.29, 1.82) is 0 Å². The van der Waals surface area contributed by atoms with Crippen LogP contribution in [0.15, 0.2) is 54.6 Å². The number of fused-ring (bicyclic) bond motifs is 1. The maximum Gasteiger partial charge on any atom is 0.227 e. The molecule has 3 heterocycles. The fourth-order valence-electron chi connectivity index (χ4n) is 4.54. The highest BCUT2D eigenvalue weighted by Gasteiger charge is 2.27. The number of anilines is 2. The predicted octanol–water partition coefficient (Wildman–Crippen LogP) is 5.53. The molecule has 8 heteroatoms. The number of amides is 1. The molecule has 0 radical (unpaired) electrons. The highest BCUT2D eigenvalue weighted by atomic mass is 35.5. The number of benzene rings is 2. The Balaban J connectivity index is 1.32. The molecule has 5 rings (SSSR count). The van der Waals surface area contributed by atoms with E-state index < -0.39 is 0 Å². The van der Waals surface area contributed by atoms with E-state index in [0.717, 1.165) is 65.7 Å². The van der Waals surface area contributed by atoms with E-state index in [2.05, 4.69) is 21.3 Å². The zero-order chi connectivity index (χ0) is 24.5. The Bertz CT molecular complexity index is 1370. The third kappa shape index (κ3) is 4.82. The minimum atomic E-state index is -0.0606. The molecule has 1 N–H and O–H groups in total. The van der Waals surface area contributed by atoms with Crippen LogP contribution >= 0.6 is 11.6 Å². The fourth-order valence-corrected chi connectivity index (χ4v) is 4.82. The van der Waals surface area contributed by atoms with Crippen LogP contribution in [0.5, 0.6) is 5.75 Å². The average molecular weight is 490 g/mol. The number of carbonyl (C=O) groups excluding carboxylic acids is 1. The Morgan fingerprint density at radius 1 is 1.06 bits per heavy atom. The second-order valence-electron chi connectivity index (χ2n) is 9.02. The van der Waals surface area contributed by atoms with E-state index in [1.807, 2.05) is 66.9 Å². The van der Waals surface area contributed by atoms with E-state index in [1.165, 1.54) is 0 Å². The highest BCUT2D eigenvalue weighted by Crippen LogP contribution is 2.29. The number of ether oxygens (including phenoxy) is 1. The predicted molar refractivity (Wildman–Crippen MR) is 139 cm³/mol. The van der Waals surface area contributed by atoms with Crippen LogP contribution in [0.25, 0.3) is 16.9 Å². The second kappa shape index (κ2) is 9.58. The first-order chi connectivity index (χ1) is 16.9. The van der Waals surface area contributed by atoms with E-state index >= 15 is 0 Å². The van der Waals surface area contributed by atoms with E-state index in [0.29, 0.717) is 10.7 Å². The molecule has 7 nitrogen and oxygen atoms in total. The molecule has 0 bridgehead atoms. The standard InChI is InChI=1S/C27H28ClN5O2/c1-17-4-9-23(22(28)14-17)30-27(34)20-10-12-32(13-11-20)26-15-18(2)29-25-16-24(31-33(25)26)19-5-7-21(35-3)8-6-19/h4-9,14-16,20H,10-13H2,1-3H3,(H,30,34). The molecule has 4 aromatic rings. The van der Waals surface area contributed by atoms with Crippen LogP contribution in [0.3, 0.4) is 0 Å². The normalized spacial score (nSPS) is 14.3. The quantitative estimate of drug-likeness (QED) is 0.399. The monoisotopic (exact) mass is 489 g/mol. The van der Waals surface area contributed by atoms with Gasteiger partial charge in [0.05, 0.1) is 23.5 Å². The number of nitrogens with zero attached hydrogens (tertiary/aromatic N) is 4. The van der Waals surface area contributed by atoms with Crippen molar-refractivity contribution in [2.24, 2.45) is 5.92 Å². The number of aromatic nitrogens is 3. The number of piperidine rings is 1. The summed E-state index contributed by atoms with van der Waals surface area (Å²) in [5.74, 6) is 1.76. The Morgan fingerprint density at radius 3 is 2.49 bits per heavy atom. The number of carbonyl (C=O) groups is 1. The van der Waals surface area contributed by atoms with E-state index in [-0.39, 0.29) is 11.8 Å². The summed E-state index contributed by atoms with van der Waals surface area (Å²) in [6, 6.07) is 17.6. The Morgan fingerprint density at radius 2 is 1.80 bits per heavy atom. The van der Waals surface area contributed by atoms with Crippen molar-refractivity contribution in [3.8, 4) is 17.0 Å². The summed E-state index contributed by atoms with van der Waals surface area (Å²) in [7, 11) is 1.66. The smallest absolute Gasteiger partial charge is 0.227 e. The minimum Gasteiger partial charge on any atom is -0.497 e. The first kappa shape index (κ1) is 23.2.